The van der Waals surface area contributed by atoms with Gasteiger partial charge in [0, 0.05) is 24.2 Å². The maximum Gasteiger partial charge on any atom is 0.128 e. The van der Waals surface area contributed by atoms with Gasteiger partial charge in [-0.2, -0.15) is 0 Å². The van der Waals surface area contributed by atoms with E-state index in [1.165, 1.54) is 23.3 Å². The molecule has 0 amide bonds. The molecule has 0 spiro atoms. The van der Waals surface area contributed by atoms with Gasteiger partial charge in [0.05, 0.1) is 0 Å². The van der Waals surface area contributed by atoms with Crippen LogP contribution >= 0.6 is 0 Å². The molecule has 0 bridgehead atoms. The van der Waals surface area contributed by atoms with Gasteiger partial charge in [-0.3, -0.25) is 0 Å². The standard InChI is InChI=1S/C19H20F2N2/c20-15-6-7-16(21)19-14(15)5-8-17(19)23-11-18-13-4-2-1-3-12(13)9-10-22-18/h1-4,6-7,17-18,22-23H,5,8-11H2. The molecule has 4 rings (SSSR count). The Kier molecular flexibility index (Phi) is 3.87. The van der Waals surface area contributed by atoms with Gasteiger partial charge in [0.25, 0.3) is 0 Å². The first-order valence-electron chi connectivity index (χ1n) is 8.25. The number of hydrogen-bond acceptors (Lipinski definition) is 2. The Hall–Kier alpha value is -1.78. The van der Waals surface area contributed by atoms with Gasteiger partial charge in [-0.1, -0.05) is 24.3 Å². The van der Waals surface area contributed by atoms with Gasteiger partial charge in [-0.05, 0) is 54.6 Å². The molecule has 0 saturated heterocycles. The Morgan fingerprint density at radius 2 is 1.87 bits per heavy atom. The lowest BCUT2D eigenvalue weighted by atomic mass is 9.94. The van der Waals surface area contributed by atoms with Gasteiger partial charge >= 0.3 is 0 Å². The van der Waals surface area contributed by atoms with Crippen LogP contribution in [0.1, 0.15) is 40.8 Å². The molecule has 1 heterocycles. The molecule has 0 aromatic heterocycles. The number of fused-ring (bicyclic) bond motifs is 2. The lowest BCUT2D eigenvalue weighted by molar-refractivity contribution is 0.423. The van der Waals surface area contributed by atoms with Crippen molar-refractivity contribution in [1.29, 1.82) is 0 Å². The summed E-state index contributed by atoms with van der Waals surface area (Å²) in [5.41, 5.74) is 3.75. The van der Waals surface area contributed by atoms with Crippen molar-refractivity contribution in [2.45, 2.75) is 31.3 Å². The van der Waals surface area contributed by atoms with Crippen LogP contribution in [0.2, 0.25) is 0 Å². The van der Waals surface area contributed by atoms with Crippen LogP contribution < -0.4 is 10.6 Å². The summed E-state index contributed by atoms with van der Waals surface area (Å²) in [5, 5.41) is 6.97. The molecule has 2 atom stereocenters. The molecule has 0 radical (unpaired) electrons. The Labute approximate surface area is 134 Å². The van der Waals surface area contributed by atoms with Crippen molar-refractivity contribution < 1.29 is 8.78 Å². The zero-order valence-corrected chi connectivity index (χ0v) is 12.9. The fourth-order valence-electron chi connectivity index (χ4n) is 3.91. The predicted molar refractivity (Wildman–Crippen MR) is 86.3 cm³/mol. The number of rotatable bonds is 3. The van der Waals surface area contributed by atoms with Gasteiger partial charge in [0.15, 0.2) is 0 Å². The van der Waals surface area contributed by atoms with Crippen LogP contribution in [0.4, 0.5) is 8.78 Å². The first-order valence-corrected chi connectivity index (χ1v) is 8.25. The maximum absolute atomic E-state index is 14.1. The van der Waals surface area contributed by atoms with E-state index in [1.807, 2.05) is 0 Å². The minimum Gasteiger partial charge on any atom is -0.309 e. The molecule has 2 aliphatic rings. The zero-order valence-electron chi connectivity index (χ0n) is 12.9. The van der Waals surface area contributed by atoms with Crippen molar-refractivity contribution in [3.63, 3.8) is 0 Å². The highest BCUT2D eigenvalue weighted by Gasteiger charge is 2.29. The van der Waals surface area contributed by atoms with Crippen LogP contribution in [0.3, 0.4) is 0 Å². The van der Waals surface area contributed by atoms with E-state index in [2.05, 4.69) is 34.9 Å². The molecule has 4 heteroatoms. The second-order valence-electron chi connectivity index (χ2n) is 6.38. The molecule has 1 aliphatic carbocycles. The average molecular weight is 314 g/mol. The van der Waals surface area contributed by atoms with Gasteiger partial charge in [-0.25, -0.2) is 8.78 Å². The first kappa shape index (κ1) is 14.8. The highest BCUT2D eigenvalue weighted by atomic mass is 19.1. The normalized spacial score (nSPS) is 22.7. The van der Waals surface area contributed by atoms with Crippen molar-refractivity contribution in [2.24, 2.45) is 0 Å². The number of benzene rings is 2. The third-order valence-electron chi connectivity index (χ3n) is 5.06. The third-order valence-corrected chi connectivity index (χ3v) is 5.06. The van der Waals surface area contributed by atoms with E-state index < -0.39 is 0 Å². The van der Waals surface area contributed by atoms with Crippen LogP contribution in [-0.4, -0.2) is 13.1 Å². The van der Waals surface area contributed by atoms with E-state index in [9.17, 15) is 8.78 Å². The smallest absolute Gasteiger partial charge is 0.128 e. The van der Waals surface area contributed by atoms with E-state index in [1.54, 1.807) is 0 Å². The van der Waals surface area contributed by atoms with Gasteiger partial charge < -0.3 is 10.6 Å². The zero-order chi connectivity index (χ0) is 15.8. The summed E-state index contributed by atoms with van der Waals surface area (Å²) in [6.45, 7) is 1.67. The third kappa shape index (κ3) is 2.66. The minimum absolute atomic E-state index is 0.100. The summed E-state index contributed by atoms with van der Waals surface area (Å²) in [7, 11) is 0. The molecular formula is C19H20F2N2. The largest absolute Gasteiger partial charge is 0.309 e. The highest BCUT2D eigenvalue weighted by Crippen LogP contribution is 2.35. The SMILES string of the molecule is Fc1ccc(F)c2c1CCC2NCC1NCCc2ccccc21. The molecule has 120 valence electrons. The summed E-state index contributed by atoms with van der Waals surface area (Å²) in [5.74, 6) is -0.583. The van der Waals surface area contributed by atoms with Crippen LogP contribution in [0, 0.1) is 11.6 Å². The number of halogens is 2. The average Bonchev–Trinajstić information content (AvgIpc) is 3.02. The van der Waals surface area contributed by atoms with Gasteiger partial charge in [0.1, 0.15) is 11.6 Å². The van der Waals surface area contributed by atoms with Crippen LogP contribution in [0.5, 0.6) is 0 Å². The summed E-state index contributed by atoms with van der Waals surface area (Å²) in [6, 6.07) is 11.0. The molecule has 2 unspecified atom stereocenters. The maximum atomic E-state index is 14.1. The molecule has 2 N–H and O–H groups in total. The fraction of sp³-hybridized carbons (Fsp3) is 0.368. The predicted octanol–water partition coefficient (Wildman–Crippen LogP) is 3.43. The lowest BCUT2D eigenvalue weighted by Crippen LogP contribution is -2.37. The monoisotopic (exact) mass is 314 g/mol. The molecule has 0 fully saturated rings. The Balaban J connectivity index is 1.51. The van der Waals surface area contributed by atoms with Crippen molar-refractivity contribution in [3.05, 3.63) is 70.3 Å². The van der Waals surface area contributed by atoms with Crippen molar-refractivity contribution >= 4 is 0 Å². The summed E-state index contributed by atoms with van der Waals surface area (Å²) < 4.78 is 27.9. The van der Waals surface area contributed by atoms with Crippen molar-refractivity contribution in [2.75, 3.05) is 13.1 Å². The number of nitrogens with one attached hydrogen (secondary N) is 2. The molecule has 0 saturated carbocycles. The second-order valence-corrected chi connectivity index (χ2v) is 6.38. The highest BCUT2D eigenvalue weighted by molar-refractivity contribution is 5.37. The molecule has 2 aromatic rings. The number of hydrogen-bond donors (Lipinski definition) is 2. The van der Waals surface area contributed by atoms with Crippen molar-refractivity contribution in [3.8, 4) is 0 Å². The molecular weight excluding hydrogens is 294 g/mol. The Morgan fingerprint density at radius 1 is 1.04 bits per heavy atom. The Morgan fingerprint density at radius 3 is 2.78 bits per heavy atom. The van der Waals surface area contributed by atoms with E-state index in [0.29, 0.717) is 17.5 Å². The second kappa shape index (κ2) is 6.02. The van der Waals surface area contributed by atoms with E-state index >= 15 is 0 Å². The van der Waals surface area contributed by atoms with Gasteiger partial charge in [0.2, 0.25) is 0 Å². The molecule has 2 aromatic carbocycles. The fourth-order valence-corrected chi connectivity index (χ4v) is 3.91. The quantitative estimate of drug-likeness (QED) is 0.907. The Bertz CT molecular complexity index is 729. The molecule has 23 heavy (non-hydrogen) atoms. The topological polar surface area (TPSA) is 24.1 Å². The molecule has 2 nitrogen and oxygen atoms in total. The minimum atomic E-state index is -0.298. The lowest BCUT2D eigenvalue weighted by Gasteiger charge is -2.28. The van der Waals surface area contributed by atoms with Crippen LogP contribution in [0.15, 0.2) is 36.4 Å². The van der Waals surface area contributed by atoms with Crippen LogP contribution in [0.25, 0.3) is 0 Å². The van der Waals surface area contributed by atoms with Gasteiger partial charge in [-0.15, -0.1) is 0 Å². The summed E-state index contributed by atoms with van der Waals surface area (Å²) in [6.07, 6.45) is 2.39. The van der Waals surface area contributed by atoms with Crippen LogP contribution in [-0.2, 0) is 12.8 Å². The van der Waals surface area contributed by atoms with E-state index in [0.717, 1.165) is 25.9 Å². The first-order chi connectivity index (χ1) is 11.2. The van der Waals surface area contributed by atoms with E-state index in [-0.39, 0.29) is 23.7 Å². The molecule has 1 aliphatic heterocycles. The van der Waals surface area contributed by atoms with Crippen molar-refractivity contribution in [1.82, 2.24) is 10.6 Å². The summed E-state index contributed by atoms with van der Waals surface area (Å²) in [4.78, 5) is 0. The van der Waals surface area contributed by atoms with E-state index in [4.69, 9.17) is 0 Å². The summed E-state index contributed by atoms with van der Waals surface area (Å²) >= 11 is 0.